The second-order valence-corrected chi connectivity index (χ2v) is 6.01. The van der Waals surface area contributed by atoms with Gasteiger partial charge in [0.05, 0.1) is 5.69 Å². The molecular formula is C16H23N3O2. The molecule has 2 fully saturated rings. The maximum atomic E-state index is 11.8. The van der Waals surface area contributed by atoms with Gasteiger partial charge in [0.2, 0.25) is 0 Å². The van der Waals surface area contributed by atoms with Crippen LogP contribution in [0.25, 0.3) is 0 Å². The van der Waals surface area contributed by atoms with Crippen molar-refractivity contribution in [3.63, 3.8) is 0 Å². The average molecular weight is 289 g/mol. The lowest BCUT2D eigenvalue weighted by Crippen LogP contribution is -2.34. The van der Waals surface area contributed by atoms with Gasteiger partial charge in [-0.2, -0.15) is 0 Å². The maximum absolute atomic E-state index is 11.8. The Morgan fingerprint density at radius 1 is 1.33 bits per heavy atom. The standard InChI is InChI=1S/C16H23N3O2/c17-14-3-1-2-4-15(14)21-11-16(20)18-9-12-7-8-19(10-12)13-5-6-13/h1-4,12-13H,5-11,17H2,(H,18,20). The molecule has 1 unspecified atom stereocenters. The molecule has 114 valence electrons. The minimum absolute atomic E-state index is 0.0211. The number of ether oxygens (including phenoxy) is 1. The zero-order valence-electron chi connectivity index (χ0n) is 12.3. The summed E-state index contributed by atoms with van der Waals surface area (Å²) < 4.78 is 5.44. The van der Waals surface area contributed by atoms with Gasteiger partial charge in [0.15, 0.2) is 6.61 Å². The number of carbonyl (C=O) groups excluding carboxylic acids is 1. The Hall–Kier alpha value is -1.75. The molecule has 1 saturated carbocycles. The number of benzene rings is 1. The van der Waals surface area contributed by atoms with Crippen LogP contribution < -0.4 is 15.8 Å². The first kappa shape index (κ1) is 14.2. The summed E-state index contributed by atoms with van der Waals surface area (Å²) in [5.41, 5.74) is 6.32. The second-order valence-electron chi connectivity index (χ2n) is 6.01. The summed E-state index contributed by atoms with van der Waals surface area (Å²) in [4.78, 5) is 14.4. The minimum Gasteiger partial charge on any atom is -0.482 e. The van der Waals surface area contributed by atoms with Gasteiger partial charge in [0.25, 0.3) is 5.91 Å². The van der Waals surface area contributed by atoms with Gasteiger partial charge in [-0.05, 0) is 43.9 Å². The predicted molar refractivity (Wildman–Crippen MR) is 82.1 cm³/mol. The van der Waals surface area contributed by atoms with E-state index in [0.717, 1.165) is 19.1 Å². The molecule has 5 heteroatoms. The highest BCUT2D eigenvalue weighted by Gasteiger charge is 2.34. The summed E-state index contributed by atoms with van der Waals surface area (Å²) in [6, 6.07) is 8.04. The van der Waals surface area contributed by atoms with E-state index in [1.54, 1.807) is 12.1 Å². The Morgan fingerprint density at radius 3 is 2.90 bits per heavy atom. The topological polar surface area (TPSA) is 67.6 Å². The maximum Gasteiger partial charge on any atom is 0.257 e. The summed E-state index contributed by atoms with van der Waals surface area (Å²) in [5.74, 6) is 1.06. The summed E-state index contributed by atoms with van der Waals surface area (Å²) in [6.45, 7) is 3.07. The number of nitrogens with zero attached hydrogens (tertiary/aromatic N) is 1. The molecule has 1 aliphatic heterocycles. The van der Waals surface area contributed by atoms with Crippen LogP contribution in [0, 0.1) is 5.92 Å². The molecule has 3 rings (SSSR count). The van der Waals surface area contributed by atoms with Crippen molar-refractivity contribution in [2.24, 2.45) is 5.92 Å². The van der Waals surface area contributed by atoms with E-state index >= 15 is 0 Å². The van der Waals surface area contributed by atoms with Crippen molar-refractivity contribution >= 4 is 11.6 Å². The third-order valence-electron chi connectivity index (χ3n) is 4.25. The highest BCUT2D eigenvalue weighted by Crippen LogP contribution is 2.31. The Bertz CT molecular complexity index is 502. The first-order valence-corrected chi connectivity index (χ1v) is 7.70. The van der Waals surface area contributed by atoms with Crippen LogP contribution in [0.4, 0.5) is 5.69 Å². The lowest BCUT2D eigenvalue weighted by atomic mass is 10.1. The Labute approximate surface area is 125 Å². The third kappa shape index (κ3) is 3.88. The molecule has 21 heavy (non-hydrogen) atoms. The van der Waals surface area contributed by atoms with E-state index in [1.807, 2.05) is 12.1 Å². The molecule has 0 spiro atoms. The largest absolute Gasteiger partial charge is 0.482 e. The van der Waals surface area contributed by atoms with Crippen LogP contribution in [-0.2, 0) is 4.79 Å². The lowest BCUT2D eigenvalue weighted by molar-refractivity contribution is -0.123. The Balaban J connectivity index is 1.36. The SMILES string of the molecule is Nc1ccccc1OCC(=O)NCC1CCN(C2CC2)C1. The van der Waals surface area contributed by atoms with Crippen LogP contribution in [0.15, 0.2) is 24.3 Å². The number of likely N-dealkylation sites (tertiary alicyclic amines) is 1. The smallest absolute Gasteiger partial charge is 0.257 e. The fraction of sp³-hybridized carbons (Fsp3) is 0.562. The predicted octanol–water partition coefficient (Wildman–Crippen LogP) is 1.25. The second kappa shape index (κ2) is 6.35. The van der Waals surface area contributed by atoms with Gasteiger partial charge in [0, 0.05) is 19.1 Å². The summed E-state index contributed by atoms with van der Waals surface area (Å²) >= 11 is 0. The monoisotopic (exact) mass is 289 g/mol. The summed E-state index contributed by atoms with van der Waals surface area (Å²) in [5, 5.41) is 2.96. The van der Waals surface area contributed by atoms with Crippen molar-refractivity contribution in [1.29, 1.82) is 0 Å². The van der Waals surface area contributed by atoms with Crippen molar-refractivity contribution in [3.05, 3.63) is 24.3 Å². The molecule has 1 aliphatic carbocycles. The van der Waals surface area contributed by atoms with Gasteiger partial charge in [-0.25, -0.2) is 0 Å². The van der Waals surface area contributed by atoms with Crippen LogP contribution in [-0.4, -0.2) is 43.1 Å². The van der Waals surface area contributed by atoms with E-state index in [1.165, 1.54) is 25.8 Å². The number of hydrogen-bond acceptors (Lipinski definition) is 4. The van der Waals surface area contributed by atoms with Crippen molar-refractivity contribution in [2.75, 3.05) is 32.0 Å². The first-order valence-electron chi connectivity index (χ1n) is 7.70. The van der Waals surface area contributed by atoms with Crippen LogP contribution in [0.5, 0.6) is 5.75 Å². The van der Waals surface area contributed by atoms with E-state index in [9.17, 15) is 4.79 Å². The quantitative estimate of drug-likeness (QED) is 0.773. The van der Waals surface area contributed by atoms with Gasteiger partial charge in [-0.15, -0.1) is 0 Å². The van der Waals surface area contributed by atoms with Crippen LogP contribution in [0.3, 0.4) is 0 Å². The Morgan fingerprint density at radius 2 is 2.14 bits per heavy atom. The van der Waals surface area contributed by atoms with Crippen molar-refractivity contribution in [1.82, 2.24) is 10.2 Å². The zero-order valence-corrected chi connectivity index (χ0v) is 12.3. The molecule has 1 saturated heterocycles. The number of carbonyl (C=O) groups is 1. The van der Waals surface area contributed by atoms with Crippen molar-refractivity contribution in [2.45, 2.75) is 25.3 Å². The Kier molecular flexibility index (Phi) is 4.29. The van der Waals surface area contributed by atoms with Crippen LogP contribution in [0.1, 0.15) is 19.3 Å². The third-order valence-corrected chi connectivity index (χ3v) is 4.25. The molecule has 0 aromatic heterocycles. The average Bonchev–Trinajstić information content (AvgIpc) is 3.23. The number of rotatable bonds is 6. The highest BCUT2D eigenvalue weighted by atomic mass is 16.5. The van der Waals surface area contributed by atoms with Gasteiger partial charge >= 0.3 is 0 Å². The molecule has 1 aromatic rings. The molecule has 1 amide bonds. The molecule has 2 aliphatic rings. The van der Waals surface area contributed by atoms with Crippen LogP contribution >= 0.6 is 0 Å². The molecule has 3 N–H and O–H groups in total. The zero-order chi connectivity index (χ0) is 14.7. The summed E-state index contributed by atoms with van der Waals surface area (Å²) in [7, 11) is 0. The van der Waals surface area contributed by atoms with Gasteiger partial charge in [0.1, 0.15) is 5.75 Å². The number of anilines is 1. The number of amides is 1. The molecule has 1 heterocycles. The number of para-hydroxylation sites is 2. The first-order chi connectivity index (χ1) is 10.2. The van der Waals surface area contributed by atoms with E-state index in [-0.39, 0.29) is 12.5 Å². The molecular weight excluding hydrogens is 266 g/mol. The molecule has 0 bridgehead atoms. The summed E-state index contributed by atoms with van der Waals surface area (Å²) in [6.07, 6.45) is 3.89. The van der Waals surface area contributed by atoms with Crippen molar-refractivity contribution < 1.29 is 9.53 Å². The number of hydrogen-bond donors (Lipinski definition) is 2. The minimum atomic E-state index is -0.0804. The normalized spacial score (nSPS) is 22.2. The van der Waals surface area contributed by atoms with E-state index < -0.39 is 0 Å². The fourth-order valence-electron chi connectivity index (χ4n) is 2.87. The number of nitrogens with two attached hydrogens (primary N) is 1. The molecule has 5 nitrogen and oxygen atoms in total. The van der Waals surface area contributed by atoms with Gasteiger partial charge < -0.3 is 20.7 Å². The molecule has 1 atom stereocenters. The van der Waals surface area contributed by atoms with Crippen molar-refractivity contribution in [3.8, 4) is 5.75 Å². The number of nitrogens with one attached hydrogen (secondary N) is 1. The lowest BCUT2D eigenvalue weighted by Gasteiger charge is -2.15. The van der Waals surface area contributed by atoms with E-state index in [0.29, 0.717) is 17.4 Å². The van der Waals surface area contributed by atoms with E-state index in [4.69, 9.17) is 10.5 Å². The van der Waals surface area contributed by atoms with Gasteiger partial charge in [-0.3, -0.25) is 4.79 Å². The van der Waals surface area contributed by atoms with Gasteiger partial charge in [-0.1, -0.05) is 12.1 Å². The number of nitrogen functional groups attached to an aromatic ring is 1. The highest BCUT2D eigenvalue weighted by molar-refractivity contribution is 5.77. The van der Waals surface area contributed by atoms with E-state index in [2.05, 4.69) is 10.2 Å². The molecule has 1 aromatic carbocycles. The van der Waals surface area contributed by atoms with Crippen LogP contribution in [0.2, 0.25) is 0 Å². The fourth-order valence-corrected chi connectivity index (χ4v) is 2.87. The molecule has 0 radical (unpaired) electrons.